The van der Waals surface area contributed by atoms with E-state index in [0.717, 1.165) is 37.6 Å². The third kappa shape index (κ3) is 3.25. The minimum atomic E-state index is 0.332. The van der Waals surface area contributed by atoms with Crippen LogP contribution in [0.5, 0.6) is 0 Å². The van der Waals surface area contributed by atoms with Crippen LogP contribution in [0.1, 0.15) is 29.7 Å². The Morgan fingerprint density at radius 1 is 1.47 bits per heavy atom. The smallest absolute Gasteiger partial charge is 0.133 e. The summed E-state index contributed by atoms with van der Waals surface area (Å²) in [5.74, 6) is 1.13. The molecule has 1 unspecified atom stereocenters. The van der Waals surface area contributed by atoms with Crippen LogP contribution in [-0.4, -0.2) is 38.3 Å². The fourth-order valence-electron chi connectivity index (χ4n) is 2.82. The molecule has 1 saturated heterocycles. The molecule has 0 spiro atoms. The molecule has 4 heteroatoms. The van der Waals surface area contributed by atoms with Gasteiger partial charge in [0.15, 0.2) is 0 Å². The van der Waals surface area contributed by atoms with Gasteiger partial charge in [0.25, 0.3) is 0 Å². The van der Waals surface area contributed by atoms with Gasteiger partial charge in [-0.05, 0) is 45.4 Å². The number of aromatic nitrogens is 1. The summed E-state index contributed by atoms with van der Waals surface area (Å²) < 4.78 is 5.52. The summed E-state index contributed by atoms with van der Waals surface area (Å²) in [5, 5.41) is 3.25. The molecule has 2 rings (SSSR count). The van der Waals surface area contributed by atoms with Crippen LogP contribution in [-0.2, 0) is 11.3 Å². The lowest BCUT2D eigenvalue weighted by atomic mass is 10.0. The first-order valence-corrected chi connectivity index (χ1v) is 7.05. The molecule has 1 aliphatic rings. The van der Waals surface area contributed by atoms with Gasteiger partial charge in [-0.1, -0.05) is 0 Å². The molecule has 1 atom stereocenters. The number of hydrogen-bond donors (Lipinski definition) is 1. The van der Waals surface area contributed by atoms with Crippen molar-refractivity contribution in [2.45, 2.75) is 39.3 Å². The van der Waals surface area contributed by atoms with Crippen LogP contribution in [0.3, 0.4) is 0 Å². The molecule has 0 aliphatic carbocycles. The Labute approximate surface area is 116 Å². The highest BCUT2D eigenvalue weighted by Crippen LogP contribution is 2.26. The highest BCUT2D eigenvalue weighted by molar-refractivity contribution is 5.52. The maximum Gasteiger partial charge on any atom is 0.133 e. The van der Waals surface area contributed by atoms with Crippen molar-refractivity contribution in [2.24, 2.45) is 0 Å². The van der Waals surface area contributed by atoms with E-state index in [0.29, 0.717) is 6.10 Å². The highest BCUT2D eigenvalue weighted by Gasteiger charge is 2.23. The SMILES string of the molecule is CNCc1c(C)cc(C)nc1N1CCCC(OC)C1. The molecule has 0 aromatic carbocycles. The quantitative estimate of drug-likeness (QED) is 0.902. The molecule has 1 N–H and O–H groups in total. The number of aryl methyl sites for hydroxylation is 2. The second-order valence-electron chi connectivity index (χ2n) is 5.36. The average Bonchev–Trinajstić information content (AvgIpc) is 2.41. The van der Waals surface area contributed by atoms with E-state index < -0.39 is 0 Å². The number of pyridine rings is 1. The largest absolute Gasteiger partial charge is 0.380 e. The maximum absolute atomic E-state index is 5.52. The van der Waals surface area contributed by atoms with Crippen LogP contribution in [0.2, 0.25) is 0 Å². The Morgan fingerprint density at radius 2 is 2.26 bits per heavy atom. The summed E-state index contributed by atoms with van der Waals surface area (Å²) in [4.78, 5) is 7.15. The van der Waals surface area contributed by atoms with Crippen molar-refractivity contribution in [3.8, 4) is 0 Å². The fraction of sp³-hybridized carbons (Fsp3) is 0.667. The molecule has 1 aromatic rings. The van der Waals surface area contributed by atoms with Crippen LogP contribution in [0.25, 0.3) is 0 Å². The summed E-state index contributed by atoms with van der Waals surface area (Å²) in [6.07, 6.45) is 2.66. The molecule has 0 amide bonds. The number of nitrogens with one attached hydrogen (secondary N) is 1. The average molecular weight is 263 g/mol. The molecule has 1 aromatic heterocycles. The number of anilines is 1. The maximum atomic E-state index is 5.52. The van der Waals surface area contributed by atoms with Crippen LogP contribution in [0.4, 0.5) is 5.82 Å². The predicted octanol–water partition coefficient (Wildman–Crippen LogP) is 2.03. The zero-order valence-corrected chi connectivity index (χ0v) is 12.5. The molecule has 1 aliphatic heterocycles. The third-order valence-electron chi connectivity index (χ3n) is 3.82. The second kappa shape index (κ2) is 6.35. The van der Waals surface area contributed by atoms with Gasteiger partial charge in [0.2, 0.25) is 0 Å². The van der Waals surface area contributed by atoms with E-state index in [-0.39, 0.29) is 0 Å². The van der Waals surface area contributed by atoms with E-state index in [1.54, 1.807) is 7.11 Å². The molecule has 2 heterocycles. The Morgan fingerprint density at radius 3 is 2.95 bits per heavy atom. The van der Waals surface area contributed by atoms with Crippen molar-refractivity contribution in [1.82, 2.24) is 10.3 Å². The van der Waals surface area contributed by atoms with E-state index in [1.165, 1.54) is 17.5 Å². The van der Waals surface area contributed by atoms with Crippen molar-refractivity contribution >= 4 is 5.82 Å². The van der Waals surface area contributed by atoms with Gasteiger partial charge in [-0.3, -0.25) is 0 Å². The van der Waals surface area contributed by atoms with Crippen molar-refractivity contribution < 1.29 is 4.74 Å². The van der Waals surface area contributed by atoms with Crippen molar-refractivity contribution in [1.29, 1.82) is 0 Å². The van der Waals surface area contributed by atoms with Crippen molar-refractivity contribution in [2.75, 3.05) is 32.1 Å². The normalized spacial score (nSPS) is 19.8. The van der Waals surface area contributed by atoms with Gasteiger partial charge in [0.1, 0.15) is 5.82 Å². The van der Waals surface area contributed by atoms with Crippen LogP contribution < -0.4 is 10.2 Å². The minimum Gasteiger partial charge on any atom is -0.380 e. The highest BCUT2D eigenvalue weighted by atomic mass is 16.5. The van der Waals surface area contributed by atoms with E-state index in [9.17, 15) is 0 Å². The van der Waals surface area contributed by atoms with Crippen molar-refractivity contribution in [3.05, 3.63) is 22.9 Å². The third-order valence-corrected chi connectivity index (χ3v) is 3.82. The number of hydrogen-bond acceptors (Lipinski definition) is 4. The summed E-state index contributed by atoms with van der Waals surface area (Å²) >= 11 is 0. The number of ether oxygens (including phenoxy) is 1. The second-order valence-corrected chi connectivity index (χ2v) is 5.36. The first-order chi connectivity index (χ1) is 9.15. The first kappa shape index (κ1) is 14.3. The Kier molecular flexibility index (Phi) is 4.77. The minimum absolute atomic E-state index is 0.332. The number of nitrogens with zero attached hydrogens (tertiary/aromatic N) is 2. The van der Waals surface area contributed by atoms with Gasteiger partial charge in [-0.15, -0.1) is 0 Å². The van der Waals surface area contributed by atoms with E-state index in [1.807, 2.05) is 7.05 Å². The molecular formula is C15H25N3O. The van der Waals surface area contributed by atoms with E-state index >= 15 is 0 Å². The van der Waals surface area contributed by atoms with E-state index in [4.69, 9.17) is 9.72 Å². The lowest BCUT2D eigenvalue weighted by Crippen LogP contribution is -2.40. The van der Waals surface area contributed by atoms with E-state index in [2.05, 4.69) is 30.1 Å². The van der Waals surface area contributed by atoms with Gasteiger partial charge in [-0.25, -0.2) is 4.98 Å². The van der Waals surface area contributed by atoms with Gasteiger partial charge in [0, 0.05) is 38.0 Å². The summed E-state index contributed by atoms with van der Waals surface area (Å²) in [5.41, 5.74) is 3.72. The first-order valence-electron chi connectivity index (χ1n) is 7.05. The Hall–Kier alpha value is -1.13. The molecule has 0 radical (unpaired) electrons. The van der Waals surface area contributed by atoms with Gasteiger partial charge >= 0.3 is 0 Å². The molecular weight excluding hydrogens is 238 g/mol. The summed E-state index contributed by atoms with van der Waals surface area (Å²) in [6, 6.07) is 2.16. The lowest BCUT2D eigenvalue weighted by Gasteiger charge is -2.34. The van der Waals surface area contributed by atoms with Gasteiger partial charge in [-0.2, -0.15) is 0 Å². The number of rotatable bonds is 4. The molecule has 0 bridgehead atoms. The molecule has 1 fully saturated rings. The van der Waals surface area contributed by atoms with Crippen LogP contribution >= 0.6 is 0 Å². The Balaban J connectivity index is 2.31. The standard InChI is InChI=1S/C15H25N3O/c1-11-8-12(2)17-15(14(11)9-16-3)18-7-5-6-13(10-18)19-4/h8,13,16H,5-7,9-10H2,1-4H3. The zero-order valence-electron chi connectivity index (χ0n) is 12.5. The Bertz CT molecular complexity index is 434. The van der Waals surface area contributed by atoms with Gasteiger partial charge in [0.05, 0.1) is 6.10 Å². The predicted molar refractivity (Wildman–Crippen MR) is 78.7 cm³/mol. The number of piperidine rings is 1. The zero-order chi connectivity index (χ0) is 13.8. The number of methoxy groups -OCH3 is 1. The monoisotopic (exact) mass is 263 g/mol. The molecule has 4 nitrogen and oxygen atoms in total. The topological polar surface area (TPSA) is 37.4 Å². The molecule has 106 valence electrons. The lowest BCUT2D eigenvalue weighted by molar-refractivity contribution is 0.0891. The van der Waals surface area contributed by atoms with Crippen molar-refractivity contribution in [3.63, 3.8) is 0 Å². The summed E-state index contributed by atoms with van der Waals surface area (Å²) in [6.45, 7) is 7.12. The fourth-order valence-corrected chi connectivity index (χ4v) is 2.82. The van der Waals surface area contributed by atoms with Gasteiger partial charge < -0.3 is 15.0 Å². The summed E-state index contributed by atoms with van der Waals surface area (Å²) in [7, 11) is 3.79. The molecule has 0 saturated carbocycles. The van der Waals surface area contributed by atoms with Crippen LogP contribution in [0.15, 0.2) is 6.07 Å². The van der Waals surface area contributed by atoms with Crippen LogP contribution in [0, 0.1) is 13.8 Å². The molecule has 19 heavy (non-hydrogen) atoms.